The molecule has 0 saturated carbocycles. The van der Waals surface area contributed by atoms with Crippen LogP contribution in [0, 0.1) is 0 Å². The van der Waals surface area contributed by atoms with Gasteiger partial charge in [0.1, 0.15) is 11.5 Å². The first-order valence-corrected chi connectivity index (χ1v) is 7.61. The number of carbonyl (C=O) groups excluding carboxylic acids is 1. The summed E-state index contributed by atoms with van der Waals surface area (Å²) >= 11 is 1.57. The molecule has 0 atom stereocenters. The summed E-state index contributed by atoms with van der Waals surface area (Å²) in [6.07, 6.45) is 0.905. The molecule has 3 rings (SSSR count). The van der Waals surface area contributed by atoms with Gasteiger partial charge in [-0.05, 0) is 30.3 Å². The Balaban J connectivity index is 1.68. The molecule has 2 N–H and O–H groups in total. The van der Waals surface area contributed by atoms with Crippen molar-refractivity contribution in [3.63, 3.8) is 0 Å². The Bertz CT molecular complexity index is 637. The van der Waals surface area contributed by atoms with Crippen LogP contribution in [0.3, 0.4) is 0 Å². The van der Waals surface area contributed by atoms with Crippen LogP contribution in [0.2, 0.25) is 0 Å². The highest BCUT2D eigenvalue weighted by Crippen LogP contribution is 2.33. The largest absolute Gasteiger partial charge is 0.464 e. The minimum atomic E-state index is 0.0540. The lowest BCUT2D eigenvalue weighted by atomic mass is 10.2. The van der Waals surface area contributed by atoms with Crippen molar-refractivity contribution in [2.75, 3.05) is 16.4 Å². The fourth-order valence-electron chi connectivity index (χ4n) is 2.09. The van der Waals surface area contributed by atoms with Gasteiger partial charge in [-0.2, -0.15) is 0 Å². The Morgan fingerprint density at radius 2 is 2.15 bits per heavy atom. The van der Waals surface area contributed by atoms with Gasteiger partial charge in [0, 0.05) is 17.0 Å². The molecule has 104 valence electrons. The fourth-order valence-corrected chi connectivity index (χ4v) is 2.88. The topological polar surface area (TPSA) is 54.3 Å². The predicted octanol–water partition coefficient (Wildman–Crippen LogP) is 3.50. The Labute approximate surface area is 121 Å². The molecule has 1 aromatic heterocycles. The maximum Gasteiger partial charge on any atom is 0.234 e. The van der Waals surface area contributed by atoms with Crippen LogP contribution in [0.1, 0.15) is 18.4 Å². The number of fused-ring (bicyclic) bond motifs is 1. The average molecular weight is 288 g/mol. The van der Waals surface area contributed by atoms with E-state index in [1.807, 2.05) is 30.3 Å². The third kappa shape index (κ3) is 2.82. The zero-order chi connectivity index (χ0) is 13.9. The number of rotatable bonds is 4. The van der Waals surface area contributed by atoms with E-state index in [1.165, 1.54) is 0 Å². The van der Waals surface area contributed by atoms with E-state index in [0.717, 1.165) is 34.2 Å². The summed E-state index contributed by atoms with van der Waals surface area (Å²) in [5.74, 6) is 2.46. The zero-order valence-electron chi connectivity index (χ0n) is 11.2. The number of hydrogen-bond donors (Lipinski definition) is 2. The van der Waals surface area contributed by atoms with Crippen LogP contribution in [-0.4, -0.2) is 11.7 Å². The highest BCUT2D eigenvalue weighted by Gasteiger charge is 2.15. The lowest BCUT2D eigenvalue weighted by Gasteiger charge is -2.17. The van der Waals surface area contributed by atoms with E-state index < -0.39 is 0 Å². The summed E-state index contributed by atoms with van der Waals surface area (Å²) in [5.41, 5.74) is 1.85. The molecule has 0 bridgehead atoms. The van der Waals surface area contributed by atoms with Gasteiger partial charge in [0.05, 0.1) is 18.0 Å². The predicted molar refractivity (Wildman–Crippen MR) is 81.2 cm³/mol. The number of thioether (sulfide) groups is 1. The molecule has 1 aliphatic rings. The first-order valence-electron chi connectivity index (χ1n) is 6.63. The number of anilines is 2. The van der Waals surface area contributed by atoms with Crippen molar-refractivity contribution in [3.8, 4) is 0 Å². The van der Waals surface area contributed by atoms with Crippen molar-refractivity contribution in [2.24, 2.45) is 0 Å². The minimum Gasteiger partial charge on any atom is -0.464 e. The van der Waals surface area contributed by atoms with Gasteiger partial charge >= 0.3 is 0 Å². The SMILES string of the molecule is CCc1ccc(CNc2ccc3c(c2)NC(=O)CS3)o1. The van der Waals surface area contributed by atoms with E-state index in [0.29, 0.717) is 12.3 Å². The highest BCUT2D eigenvalue weighted by molar-refractivity contribution is 8.00. The van der Waals surface area contributed by atoms with E-state index in [9.17, 15) is 4.79 Å². The Morgan fingerprint density at radius 3 is 2.95 bits per heavy atom. The molecule has 0 aliphatic carbocycles. The van der Waals surface area contributed by atoms with Crippen molar-refractivity contribution in [2.45, 2.75) is 24.8 Å². The molecule has 20 heavy (non-hydrogen) atoms. The van der Waals surface area contributed by atoms with Crippen LogP contribution in [0.4, 0.5) is 11.4 Å². The van der Waals surface area contributed by atoms with E-state index in [4.69, 9.17) is 4.42 Å². The standard InChI is InChI=1S/C15H16N2O2S/c1-2-11-4-5-12(19-11)8-16-10-3-6-14-13(7-10)17-15(18)9-20-14/h3-7,16H,2,8-9H2,1H3,(H,17,18). The second-order valence-electron chi connectivity index (χ2n) is 4.62. The van der Waals surface area contributed by atoms with E-state index in [-0.39, 0.29) is 5.91 Å². The molecule has 0 saturated heterocycles. The summed E-state index contributed by atoms with van der Waals surface area (Å²) in [7, 11) is 0. The van der Waals surface area contributed by atoms with Crippen LogP contribution in [0.15, 0.2) is 39.6 Å². The maximum atomic E-state index is 11.4. The molecule has 1 amide bonds. The van der Waals surface area contributed by atoms with Gasteiger partial charge in [0.2, 0.25) is 5.91 Å². The van der Waals surface area contributed by atoms with Gasteiger partial charge in [0.15, 0.2) is 0 Å². The molecule has 4 nitrogen and oxygen atoms in total. The summed E-state index contributed by atoms with van der Waals surface area (Å²) < 4.78 is 5.65. The molecule has 0 radical (unpaired) electrons. The summed E-state index contributed by atoms with van der Waals surface area (Å²) in [6, 6.07) is 10.0. The average Bonchev–Trinajstić information content (AvgIpc) is 2.92. The number of furan rings is 1. The summed E-state index contributed by atoms with van der Waals surface area (Å²) in [6.45, 7) is 2.71. The third-order valence-corrected chi connectivity index (χ3v) is 4.22. The number of hydrogen-bond acceptors (Lipinski definition) is 4. The normalized spacial score (nSPS) is 13.8. The molecule has 2 aromatic rings. The number of amides is 1. The molecule has 1 aliphatic heterocycles. The van der Waals surface area contributed by atoms with Crippen LogP contribution in [0.5, 0.6) is 0 Å². The quantitative estimate of drug-likeness (QED) is 0.904. The number of nitrogens with one attached hydrogen (secondary N) is 2. The molecule has 5 heteroatoms. The molecule has 0 spiro atoms. The van der Waals surface area contributed by atoms with Crippen LogP contribution in [-0.2, 0) is 17.8 Å². The van der Waals surface area contributed by atoms with Crippen LogP contribution in [0.25, 0.3) is 0 Å². The van der Waals surface area contributed by atoms with Gasteiger partial charge in [-0.3, -0.25) is 4.79 Å². The minimum absolute atomic E-state index is 0.0540. The molecule has 1 aromatic carbocycles. The number of carbonyl (C=O) groups is 1. The third-order valence-electron chi connectivity index (χ3n) is 3.14. The van der Waals surface area contributed by atoms with Crippen LogP contribution >= 0.6 is 11.8 Å². The number of aryl methyl sites for hydroxylation is 1. The number of benzene rings is 1. The van der Waals surface area contributed by atoms with Gasteiger partial charge in [0.25, 0.3) is 0 Å². The second kappa shape index (κ2) is 5.63. The van der Waals surface area contributed by atoms with Gasteiger partial charge in [-0.15, -0.1) is 11.8 Å². The first kappa shape index (κ1) is 13.1. The molecule has 0 unspecified atom stereocenters. The highest BCUT2D eigenvalue weighted by atomic mass is 32.2. The van der Waals surface area contributed by atoms with Crippen molar-refractivity contribution >= 4 is 29.0 Å². The lowest BCUT2D eigenvalue weighted by molar-refractivity contribution is -0.113. The van der Waals surface area contributed by atoms with Crippen LogP contribution < -0.4 is 10.6 Å². The summed E-state index contributed by atoms with van der Waals surface area (Å²) in [5, 5.41) is 6.20. The monoisotopic (exact) mass is 288 g/mol. The van der Waals surface area contributed by atoms with Gasteiger partial charge in [-0.1, -0.05) is 6.92 Å². The first-order chi connectivity index (χ1) is 9.74. The Kier molecular flexibility index (Phi) is 3.69. The lowest BCUT2D eigenvalue weighted by Crippen LogP contribution is -2.18. The van der Waals surface area contributed by atoms with Gasteiger partial charge < -0.3 is 15.1 Å². The Morgan fingerprint density at radius 1 is 1.30 bits per heavy atom. The van der Waals surface area contributed by atoms with Crippen molar-refractivity contribution in [1.29, 1.82) is 0 Å². The van der Waals surface area contributed by atoms with Gasteiger partial charge in [-0.25, -0.2) is 0 Å². The fraction of sp³-hybridized carbons (Fsp3) is 0.267. The second-order valence-corrected chi connectivity index (χ2v) is 5.64. The van der Waals surface area contributed by atoms with E-state index in [2.05, 4.69) is 17.6 Å². The molecule has 2 heterocycles. The van der Waals surface area contributed by atoms with E-state index in [1.54, 1.807) is 11.8 Å². The summed E-state index contributed by atoms with van der Waals surface area (Å²) in [4.78, 5) is 12.5. The van der Waals surface area contributed by atoms with E-state index >= 15 is 0 Å². The molecule has 0 fully saturated rings. The van der Waals surface area contributed by atoms with Crippen molar-refractivity contribution < 1.29 is 9.21 Å². The van der Waals surface area contributed by atoms with Crippen molar-refractivity contribution in [1.82, 2.24) is 0 Å². The Hall–Kier alpha value is -1.88. The maximum absolute atomic E-state index is 11.4. The van der Waals surface area contributed by atoms with Crippen molar-refractivity contribution in [3.05, 3.63) is 41.9 Å². The molecular formula is C15H16N2O2S. The molecular weight excluding hydrogens is 272 g/mol. The smallest absolute Gasteiger partial charge is 0.234 e. The zero-order valence-corrected chi connectivity index (χ0v) is 12.0.